The van der Waals surface area contributed by atoms with Gasteiger partial charge in [0.2, 0.25) is 5.82 Å². The summed E-state index contributed by atoms with van der Waals surface area (Å²) in [5.74, 6) is -0.770. The third-order valence-corrected chi connectivity index (χ3v) is 3.69. The van der Waals surface area contributed by atoms with Gasteiger partial charge in [0, 0.05) is 24.0 Å². The highest BCUT2D eigenvalue weighted by molar-refractivity contribution is 6.20. The normalized spacial score (nSPS) is 23.9. The first-order valence-electron chi connectivity index (χ1n) is 5.73. The average molecular weight is 274 g/mol. The molecule has 1 heterocycles. The summed E-state index contributed by atoms with van der Waals surface area (Å²) < 4.78 is 19.2. The molecule has 0 amide bonds. The molecule has 1 aromatic rings. The minimum Gasteiger partial charge on any atom is -0.381 e. The summed E-state index contributed by atoms with van der Waals surface area (Å²) in [6, 6.07) is 4.21. The average Bonchev–Trinajstić information content (AvgIpc) is 2.34. The Kier molecular flexibility index (Phi) is 4.14. The van der Waals surface area contributed by atoms with Crippen LogP contribution in [0.5, 0.6) is 0 Å². The summed E-state index contributed by atoms with van der Waals surface area (Å²) in [5.41, 5.74) is -0.166. The maximum Gasteiger partial charge on any atom is 0.305 e. The smallest absolute Gasteiger partial charge is 0.305 e. The van der Waals surface area contributed by atoms with Crippen molar-refractivity contribution in [2.24, 2.45) is 5.92 Å². The highest BCUT2D eigenvalue weighted by Gasteiger charge is 2.26. The third kappa shape index (κ3) is 2.79. The van der Waals surface area contributed by atoms with E-state index in [9.17, 15) is 14.5 Å². The van der Waals surface area contributed by atoms with Gasteiger partial charge in [-0.05, 0) is 18.4 Å². The molecule has 0 bridgehead atoms. The highest BCUT2D eigenvalue weighted by Crippen LogP contribution is 2.27. The Morgan fingerprint density at radius 1 is 1.56 bits per heavy atom. The van der Waals surface area contributed by atoms with Crippen LogP contribution in [-0.2, 0) is 11.2 Å². The van der Waals surface area contributed by atoms with Crippen LogP contribution in [0.4, 0.5) is 10.1 Å². The number of benzene rings is 1. The zero-order valence-electron chi connectivity index (χ0n) is 9.64. The highest BCUT2D eigenvalue weighted by atomic mass is 35.5. The molecule has 1 aliphatic heterocycles. The molecule has 0 radical (unpaired) electrons. The molecule has 6 heteroatoms. The lowest BCUT2D eigenvalue weighted by Gasteiger charge is -2.27. The molecule has 1 aliphatic rings. The van der Waals surface area contributed by atoms with Crippen molar-refractivity contribution >= 4 is 17.3 Å². The Morgan fingerprint density at radius 2 is 2.33 bits per heavy atom. The van der Waals surface area contributed by atoms with Crippen LogP contribution in [0.15, 0.2) is 18.2 Å². The summed E-state index contributed by atoms with van der Waals surface area (Å²) in [7, 11) is 0. The first kappa shape index (κ1) is 13.2. The molecule has 1 aromatic carbocycles. The van der Waals surface area contributed by atoms with Gasteiger partial charge in [-0.2, -0.15) is 4.39 Å². The van der Waals surface area contributed by atoms with Crippen LogP contribution < -0.4 is 0 Å². The third-order valence-electron chi connectivity index (χ3n) is 3.12. The van der Waals surface area contributed by atoms with Gasteiger partial charge in [-0.15, -0.1) is 11.6 Å². The van der Waals surface area contributed by atoms with Crippen LogP contribution in [0.25, 0.3) is 0 Å². The van der Waals surface area contributed by atoms with Gasteiger partial charge in [0.25, 0.3) is 0 Å². The molecule has 0 saturated carbocycles. The molecule has 18 heavy (non-hydrogen) atoms. The van der Waals surface area contributed by atoms with Crippen LogP contribution in [0.1, 0.15) is 12.0 Å². The van der Waals surface area contributed by atoms with Gasteiger partial charge in [0.1, 0.15) is 0 Å². The predicted octanol–water partition coefficient (Wildman–Crippen LogP) is 2.92. The molecule has 0 spiro atoms. The molecule has 0 N–H and O–H groups in total. The number of halogens is 2. The first-order chi connectivity index (χ1) is 8.59. The van der Waals surface area contributed by atoms with Gasteiger partial charge in [0.15, 0.2) is 0 Å². The second-order valence-electron chi connectivity index (χ2n) is 4.35. The zero-order chi connectivity index (χ0) is 13.1. The second-order valence-corrected chi connectivity index (χ2v) is 4.91. The Morgan fingerprint density at radius 3 is 3.00 bits per heavy atom. The Hall–Kier alpha value is -1.20. The summed E-state index contributed by atoms with van der Waals surface area (Å²) in [6.07, 6.45) is 1.09. The maximum atomic E-state index is 13.9. The van der Waals surface area contributed by atoms with E-state index in [2.05, 4.69) is 0 Å². The van der Waals surface area contributed by atoms with Gasteiger partial charge in [-0.3, -0.25) is 10.1 Å². The topological polar surface area (TPSA) is 52.4 Å². The molecule has 2 unspecified atom stereocenters. The van der Waals surface area contributed by atoms with Crippen molar-refractivity contribution in [3.63, 3.8) is 0 Å². The van der Waals surface area contributed by atoms with Crippen molar-refractivity contribution < 1.29 is 14.1 Å². The van der Waals surface area contributed by atoms with Gasteiger partial charge in [-0.1, -0.05) is 12.1 Å². The minimum atomic E-state index is -0.767. The van der Waals surface area contributed by atoms with Crippen LogP contribution in [0.3, 0.4) is 0 Å². The number of ether oxygens (including phenoxy) is 1. The van der Waals surface area contributed by atoms with Crippen molar-refractivity contribution in [2.75, 3.05) is 13.2 Å². The first-order valence-corrected chi connectivity index (χ1v) is 6.17. The van der Waals surface area contributed by atoms with E-state index in [-0.39, 0.29) is 11.3 Å². The van der Waals surface area contributed by atoms with Gasteiger partial charge in [0.05, 0.1) is 11.5 Å². The van der Waals surface area contributed by atoms with Gasteiger partial charge in [-0.25, -0.2) is 0 Å². The van der Waals surface area contributed by atoms with E-state index in [1.807, 2.05) is 0 Å². The van der Waals surface area contributed by atoms with Crippen molar-refractivity contribution in [1.82, 2.24) is 0 Å². The van der Waals surface area contributed by atoms with Crippen LogP contribution in [-0.4, -0.2) is 23.5 Å². The van der Waals surface area contributed by atoms with Crippen LogP contribution in [0, 0.1) is 21.8 Å². The largest absolute Gasteiger partial charge is 0.381 e. The molecule has 0 aliphatic carbocycles. The Bertz CT molecular complexity index is 455. The zero-order valence-corrected chi connectivity index (χ0v) is 10.4. The van der Waals surface area contributed by atoms with Crippen LogP contribution >= 0.6 is 11.6 Å². The van der Waals surface area contributed by atoms with Crippen molar-refractivity contribution in [3.8, 4) is 0 Å². The lowest BCUT2D eigenvalue weighted by atomic mass is 9.93. The molecular weight excluding hydrogens is 261 g/mol. The standard InChI is InChI=1S/C12H13ClFNO3/c13-10-4-5-18-7-9(10)6-8-2-1-3-11(12(8)14)15(16)17/h1-3,9-10H,4-7H2. The quantitative estimate of drug-likeness (QED) is 0.483. The molecule has 2 rings (SSSR count). The molecule has 2 atom stereocenters. The number of rotatable bonds is 3. The van der Waals surface area contributed by atoms with E-state index in [4.69, 9.17) is 16.3 Å². The molecule has 0 aromatic heterocycles. The molecule has 4 nitrogen and oxygen atoms in total. The summed E-state index contributed by atoms with van der Waals surface area (Å²) >= 11 is 6.15. The van der Waals surface area contributed by atoms with E-state index in [0.29, 0.717) is 25.2 Å². The maximum absolute atomic E-state index is 13.9. The summed E-state index contributed by atoms with van der Waals surface area (Å²) in [6.45, 7) is 1.08. The number of hydrogen-bond acceptors (Lipinski definition) is 3. The lowest BCUT2D eigenvalue weighted by molar-refractivity contribution is -0.387. The van der Waals surface area contributed by atoms with E-state index in [1.165, 1.54) is 6.07 Å². The summed E-state index contributed by atoms with van der Waals surface area (Å²) in [5, 5.41) is 10.6. The molecule has 1 saturated heterocycles. The van der Waals surface area contributed by atoms with E-state index in [1.54, 1.807) is 6.07 Å². The number of nitrogens with zero attached hydrogens (tertiary/aromatic N) is 1. The summed E-state index contributed by atoms with van der Waals surface area (Å²) in [4.78, 5) is 9.93. The van der Waals surface area contributed by atoms with Crippen molar-refractivity contribution in [2.45, 2.75) is 18.2 Å². The van der Waals surface area contributed by atoms with E-state index in [0.717, 1.165) is 12.5 Å². The predicted molar refractivity (Wildman–Crippen MR) is 65.3 cm³/mol. The lowest BCUT2D eigenvalue weighted by Crippen LogP contribution is -2.30. The van der Waals surface area contributed by atoms with Gasteiger partial charge >= 0.3 is 5.69 Å². The minimum absolute atomic E-state index is 0.00285. The number of alkyl halides is 1. The number of nitro groups is 1. The molecular formula is C12H13ClFNO3. The fourth-order valence-electron chi connectivity index (χ4n) is 2.10. The number of nitro benzene ring substituents is 1. The monoisotopic (exact) mass is 273 g/mol. The van der Waals surface area contributed by atoms with E-state index < -0.39 is 16.4 Å². The fraction of sp³-hybridized carbons (Fsp3) is 0.500. The molecule has 1 fully saturated rings. The Labute approximate surface area is 109 Å². The van der Waals surface area contributed by atoms with Crippen LogP contribution in [0.2, 0.25) is 0 Å². The SMILES string of the molecule is O=[N+]([O-])c1cccc(CC2COCCC2Cl)c1F. The molecule has 98 valence electrons. The second kappa shape index (κ2) is 5.63. The van der Waals surface area contributed by atoms with Gasteiger partial charge < -0.3 is 4.74 Å². The number of hydrogen-bond donors (Lipinski definition) is 0. The van der Waals surface area contributed by atoms with Crippen molar-refractivity contribution in [3.05, 3.63) is 39.7 Å². The fourth-order valence-corrected chi connectivity index (χ4v) is 2.36. The Balaban J connectivity index is 2.18. The van der Waals surface area contributed by atoms with Crippen molar-refractivity contribution in [1.29, 1.82) is 0 Å². The van der Waals surface area contributed by atoms with E-state index >= 15 is 0 Å².